The summed E-state index contributed by atoms with van der Waals surface area (Å²) in [5.41, 5.74) is 4.02. The van der Waals surface area contributed by atoms with Gasteiger partial charge in [0, 0.05) is 18.8 Å². The molecule has 2 heteroatoms. The summed E-state index contributed by atoms with van der Waals surface area (Å²) in [5.74, 6) is 0. The van der Waals surface area contributed by atoms with E-state index in [0.717, 1.165) is 39.0 Å². The van der Waals surface area contributed by atoms with Gasteiger partial charge in [-0.1, -0.05) is 56.3 Å². The van der Waals surface area contributed by atoms with Gasteiger partial charge in [-0.15, -0.1) is 0 Å². The molecule has 1 N–H and O–H groups in total. The van der Waals surface area contributed by atoms with Crippen LogP contribution in [0.2, 0.25) is 0 Å². The van der Waals surface area contributed by atoms with Gasteiger partial charge in [0.2, 0.25) is 0 Å². The molecule has 0 saturated carbocycles. The van der Waals surface area contributed by atoms with Crippen LogP contribution in [-0.4, -0.2) is 24.5 Å². The standard InChI is InChI=1S/C20H28N2/c1-3-22(4-2)17-19-12-14-20(15-13-19)21-16-8-11-18-9-6-5-7-10-18/h5-7,9-10,12-15,21H,3-4,8,11,16-17H2,1-2H3. The maximum atomic E-state index is 3.51. The second-order valence-corrected chi connectivity index (χ2v) is 5.67. The highest BCUT2D eigenvalue weighted by Gasteiger charge is 2.01. The van der Waals surface area contributed by atoms with Gasteiger partial charge in [0.25, 0.3) is 0 Å². The summed E-state index contributed by atoms with van der Waals surface area (Å²) in [4.78, 5) is 2.43. The molecule has 2 rings (SSSR count). The van der Waals surface area contributed by atoms with Crippen LogP contribution in [-0.2, 0) is 13.0 Å². The lowest BCUT2D eigenvalue weighted by atomic mass is 10.1. The highest BCUT2D eigenvalue weighted by molar-refractivity contribution is 5.44. The Hall–Kier alpha value is -1.80. The van der Waals surface area contributed by atoms with Crippen LogP contribution in [0.5, 0.6) is 0 Å². The van der Waals surface area contributed by atoms with E-state index in [0.29, 0.717) is 0 Å². The maximum Gasteiger partial charge on any atom is 0.0340 e. The predicted molar refractivity (Wildman–Crippen MR) is 96.3 cm³/mol. The number of nitrogens with zero attached hydrogens (tertiary/aromatic N) is 1. The number of nitrogens with one attached hydrogen (secondary N) is 1. The summed E-state index contributed by atoms with van der Waals surface area (Å²) in [6.07, 6.45) is 2.29. The number of aryl methyl sites for hydroxylation is 1. The molecule has 0 atom stereocenters. The van der Waals surface area contributed by atoms with Crippen LogP contribution in [0.25, 0.3) is 0 Å². The topological polar surface area (TPSA) is 15.3 Å². The molecule has 2 aromatic rings. The first-order chi connectivity index (χ1) is 10.8. The lowest BCUT2D eigenvalue weighted by Crippen LogP contribution is -2.22. The lowest BCUT2D eigenvalue weighted by molar-refractivity contribution is 0.296. The van der Waals surface area contributed by atoms with Crippen LogP contribution in [0.4, 0.5) is 5.69 Å². The Bertz CT molecular complexity index is 515. The van der Waals surface area contributed by atoms with Gasteiger partial charge in [0.15, 0.2) is 0 Å². The molecule has 0 radical (unpaired) electrons. The molecule has 0 heterocycles. The van der Waals surface area contributed by atoms with Crippen LogP contribution in [0, 0.1) is 0 Å². The fourth-order valence-electron chi connectivity index (χ4n) is 2.60. The molecule has 0 fully saturated rings. The first-order valence-corrected chi connectivity index (χ1v) is 8.41. The van der Waals surface area contributed by atoms with Crippen LogP contribution in [0.1, 0.15) is 31.4 Å². The van der Waals surface area contributed by atoms with E-state index in [1.54, 1.807) is 0 Å². The van der Waals surface area contributed by atoms with Crippen molar-refractivity contribution in [3.8, 4) is 0 Å². The summed E-state index contributed by atoms with van der Waals surface area (Å²) in [7, 11) is 0. The molecule has 2 nitrogen and oxygen atoms in total. The lowest BCUT2D eigenvalue weighted by Gasteiger charge is -2.18. The van der Waals surface area contributed by atoms with Crippen molar-refractivity contribution in [2.24, 2.45) is 0 Å². The fourth-order valence-corrected chi connectivity index (χ4v) is 2.60. The summed E-state index contributed by atoms with van der Waals surface area (Å²) >= 11 is 0. The molecule has 0 bridgehead atoms. The van der Waals surface area contributed by atoms with Crippen LogP contribution in [0.3, 0.4) is 0 Å². The highest BCUT2D eigenvalue weighted by Crippen LogP contribution is 2.12. The zero-order chi connectivity index (χ0) is 15.6. The molecule has 2 aromatic carbocycles. The smallest absolute Gasteiger partial charge is 0.0340 e. The molecule has 0 aromatic heterocycles. The number of benzene rings is 2. The average molecular weight is 296 g/mol. The minimum absolute atomic E-state index is 1.02. The SMILES string of the molecule is CCN(CC)Cc1ccc(NCCCc2ccccc2)cc1. The predicted octanol–water partition coefficient (Wildman–Crippen LogP) is 4.57. The molecule has 0 unspecified atom stereocenters. The quantitative estimate of drug-likeness (QED) is 0.682. The van der Waals surface area contributed by atoms with E-state index in [1.165, 1.54) is 16.8 Å². The van der Waals surface area contributed by atoms with Gasteiger partial charge in [0.1, 0.15) is 0 Å². The minimum atomic E-state index is 1.02. The normalized spacial score (nSPS) is 10.9. The molecule has 0 aliphatic carbocycles. The van der Waals surface area contributed by atoms with Gasteiger partial charge in [-0.3, -0.25) is 4.90 Å². The zero-order valence-corrected chi connectivity index (χ0v) is 13.9. The molecule has 0 spiro atoms. The average Bonchev–Trinajstić information content (AvgIpc) is 2.58. The Kier molecular flexibility index (Phi) is 6.98. The summed E-state index contributed by atoms with van der Waals surface area (Å²) in [6, 6.07) is 19.5. The van der Waals surface area contributed by atoms with E-state index in [-0.39, 0.29) is 0 Å². The maximum absolute atomic E-state index is 3.51. The number of anilines is 1. The van der Waals surface area contributed by atoms with E-state index in [9.17, 15) is 0 Å². The highest BCUT2D eigenvalue weighted by atomic mass is 15.1. The number of hydrogen-bond donors (Lipinski definition) is 1. The largest absolute Gasteiger partial charge is 0.385 e. The van der Waals surface area contributed by atoms with Crippen molar-refractivity contribution in [2.45, 2.75) is 33.2 Å². The Morgan fingerprint density at radius 3 is 2.14 bits per heavy atom. The van der Waals surface area contributed by atoms with E-state index >= 15 is 0 Å². The van der Waals surface area contributed by atoms with E-state index in [4.69, 9.17) is 0 Å². The number of hydrogen-bond acceptors (Lipinski definition) is 2. The minimum Gasteiger partial charge on any atom is -0.385 e. The van der Waals surface area contributed by atoms with Gasteiger partial charge in [0.05, 0.1) is 0 Å². The van der Waals surface area contributed by atoms with Crippen molar-refractivity contribution >= 4 is 5.69 Å². The third kappa shape index (κ3) is 5.53. The van der Waals surface area contributed by atoms with Crippen molar-refractivity contribution in [2.75, 3.05) is 25.0 Å². The van der Waals surface area contributed by atoms with Crippen molar-refractivity contribution in [3.05, 3.63) is 65.7 Å². The molecule has 0 aliphatic rings. The molecule has 118 valence electrons. The molecular weight excluding hydrogens is 268 g/mol. The first kappa shape index (κ1) is 16.6. The molecular formula is C20H28N2. The van der Waals surface area contributed by atoms with Crippen molar-refractivity contribution < 1.29 is 0 Å². The molecule has 0 amide bonds. The third-order valence-electron chi connectivity index (χ3n) is 4.07. The monoisotopic (exact) mass is 296 g/mol. The zero-order valence-electron chi connectivity index (χ0n) is 13.9. The van der Waals surface area contributed by atoms with Gasteiger partial charge in [-0.25, -0.2) is 0 Å². The Labute approximate surface area is 135 Å². The van der Waals surface area contributed by atoms with Gasteiger partial charge < -0.3 is 5.32 Å². The third-order valence-corrected chi connectivity index (χ3v) is 4.07. The van der Waals surface area contributed by atoms with Crippen molar-refractivity contribution in [1.82, 2.24) is 4.90 Å². The van der Waals surface area contributed by atoms with Crippen LogP contribution in [0.15, 0.2) is 54.6 Å². The Morgan fingerprint density at radius 1 is 0.818 bits per heavy atom. The van der Waals surface area contributed by atoms with Crippen LogP contribution < -0.4 is 5.32 Å². The van der Waals surface area contributed by atoms with E-state index < -0.39 is 0 Å². The Balaban J connectivity index is 1.72. The van der Waals surface area contributed by atoms with Crippen molar-refractivity contribution in [1.29, 1.82) is 0 Å². The molecule has 0 saturated heterocycles. The second kappa shape index (κ2) is 9.26. The summed E-state index contributed by atoms with van der Waals surface area (Å²) < 4.78 is 0. The second-order valence-electron chi connectivity index (χ2n) is 5.67. The van der Waals surface area contributed by atoms with Gasteiger partial charge in [-0.2, -0.15) is 0 Å². The fraction of sp³-hybridized carbons (Fsp3) is 0.400. The van der Waals surface area contributed by atoms with E-state index in [2.05, 4.69) is 78.7 Å². The van der Waals surface area contributed by atoms with Gasteiger partial charge >= 0.3 is 0 Å². The number of rotatable bonds is 9. The Morgan fingerprint density at radius 2 is 1.50 bits per heavy atom. The first-order valence-electron chi connectivity index (χ1n) is 8.41. The van der Waals surface area contributed by atoms with E-state index in [1.807, 2.05) is 0 Å². The molecule has 22 heavy (non-hydrogen) atoms. The van der Waals surface area contributed by atoms with Gasteiger partial charge in [-0.05, 0) is 49.2 Å². The van der Waals surface area contributed by atoms with Crippen LogP contribution >= 0.6 is 0 Å². The van der Waals surface area contributed by atoms with Crippen molar-refractivity contribution in [3.63, 3.8) is 0 Å². The summed E-state index contributed by atoms with van der Waals surface area (Å²) in [5, 5.41) is 3.51. The summed E-state index contributed by atoms with van der Waals surface area (Å²) in [6.45, 7) is 8.70. The molecule has 0 aliphatic heterocycles.